The summed E-state index contributed by atoms with van der Waals surface area (Å²) in [5.41, 5.74) is 5.51. The molecule has 2 aliphatic heterocycles. The third kappa shape index (κ3) is 4.20. The second kappa shape index (κ2) is 8.37. The van der Waals surface area contributed by atoms with E-state index < -0.39 is 6.43 Å². The zero-order valence-electron chi connectivity index (χ0n) is 16.1. The number of nitrogens with zero attached hydrogens (tertiary/aromatic N) is 6. The maximum atomic E-state index is 13.7. The molecule has 4 rings (SSSR count). The zero-order valence-corrected chi connectivity index (χ0v) is 16.1. The smallest absolute Gasteiger partial charge is 0.264 e. The molecule has 2 saturated heterocycles. The first-order valence-corrected chi connectivity index (χ1v) is 9.50. The van der Waals surface area contributed by atoms with Gasteiger partial charge in [-0.2, -0.15) is 15.0 Å². The number of alkyl halides is 2. The van der Waals surface area contributed by atoms with Crippen molar-refractivity contribution in [2.75, 3.05) is 61.6 Å². The second-order valence-electron chi connectivity index (χ2n) is 6.97. The van der Waals surface area contributed by atoms with Crippen LogP contribution in [0.3, 0.4) is 0 Å². The molecule has 4 heterocycles. The predicted octanol–water partition coefficient (Wildman–Crippen LogP) is 1.52. The molecular weight excluding hydrogens is 384 g/mol. The minimum absolute atomic E-state index is 0.0218. The van der Waals surface area contributed by atoms with Crippen molar-refractivity contribution in [1.29, 1.82) is 0 Å². The molecule has 0 aromatic carbocycles. The molecule has 9 nitrogen and oxygen atoms in total. The van der Waals surface area contributed by atoms with Crippen LogP contribution in [0.25, 0.3) is 11.4 Å². The molecule has 0 bridgehead atoms. The lowest BCUT2D eigenvalue weighted by Crippen LogP contribution is -2.45. The number of pyridine rings is 1. The Morgan fingerprint density at radius 2 is 1.79 bits per heavy atom. The Hall–Kier alpha value is -2.66. The molecular formula is C18H23F2N7O2. The summed E-state index contributed by atoms with van der Waals surface area (Å²) < 4.78 is 38.2. The van der Waals surface area contributed by atoms with Crippen LogP contribution in [-0.4, -0.2) is 72.0 Å². The molecule has 1 atom stereocenters. The van der Waals surface area contributed by atoms with Gasteiger partial charge in [0, 0.05) is 37.0 Å². The topological polar surface area (TPSA) is 103 Å². The molecule has 0 saturated carbocycles. The molecule has 2 aliphatic rings. The van der Waals surface area contributed by atoms with Gasteiger partial charge in [-0.1, -0.05) is 0 Å². The summed E-state index contributed by atoms with van der Waals surface area (Å²) in [5.74, 6) is 1.04. The molecule has 2 N–H and O–H groups in total. The molecule has 29 heavy (non-hydrogen) atoms. The van der Waals surface area contributed by atoms with Crippen LogP contribution in [0.4, 0.5) is 26.5 Å². The summed E-state index contributed by atoms with van der Waals surface area (Å²) in [6.07, 6.45) is -1.44. The minimum atomic E-state index is -2.73. The number of rotatable bonds is 4. The summed E-state index contributed by atoms with van der Waals surface area (Å²) in [6, 6.07) is 1.21. The van der Waals surface area contributed by atoms with E-state index in [9.17, 15) is 8.78 Å². The monoisotopic (exact) mass is 407 g/mol. The van der Waals surface area contributed by atoms with Crippen LogP contribution in [0, 0.1) is 0 Å². The zero-order chi connectivity index (χ0) is 20.4. The third-order valence-corrected chi connectivity index (χ3v) is 4.96. The second-order valence-corrected chi connectivity index (χ2v) is 6.97. The number of anilines is 3. The highest BCUT2D eigenvalue weighted by Crippen LogP contribution is 2.32. The first kappa shape index (κ1) is 19.6. The van der Waals surface area contributed by atoms with Crippen LogP contribution < -0.4 is 15.5 Å². The predicted molar refractivity (Wildman–Crippen MR) is 103 cm³/mol. The van der Waals surface area contributed by atoms with Crippen molar-refractivity contribution >= 4 is 17.7 Å². The average Bonchev–Trinajstić information content (AvgIpc) is 2.74. The number of nitrogen functional groups attached to an aromatic ring is 1. The minimum Gasteiger partial charge on any atom is -0.384 e. The lowest BCUT2D eigenvalue weighted by molar-refractivity contribution is 0.0980. The first-order chi connectivity index (χ1) is 14.0. The molecule has 2 aromatic heterocycles. The maximum Gasteiger partial charge on any atom is 0.264 e. The van der Waals surface area contributed by atoms with E-state index in [1.54, 1.807) is 0 Å². The van der Waals surface area contributed by atoms with Gasteiger partial charge in [0.2, 0.25) is 11.9 Å². The number of hydrogen-bond acceptors (Lipinski definition) is 9. The van der Waals surface area contributed by atoms with E-state index in [4.69, 9.17) is 15.2 Å². The van der Waals surface area contributed by atoms with Gasteiger partial charge in [-0.05, 0) is 13.0 Å². The number of halogens is 2. The van der Waals surface area contributed by atoms with Crippen LogP contribution in [0.5, 0.6) is 0 Å². The van der Waals surface area contributed by atoms with E-state index in [1.807, 2.05) is 16.7 Å². The number of nitrogens with two attached hydrogens (primary N) is 1. The molecule has 0 aliphatic carbocycles. The van der Waals surface area contributed by atoms with Gasteiger partial charge in [0.15, 0.2) is 5.82 Å². The fourth-order valence-corrected chi connectivity index (χ4v) is 3.39. The normalized spacial score (nSPS) is 20.3. The SMILES string of the molecule is C[C@@H]1COCCN1c1nc(-c2cnc(N)cc2C(F)F)nc(N2CCOCC2)n1. The summed E-state index contributed by atoms with van der Waals surface area (Å²) in [5, 5.41) is 0. The molecule has 2 aromatic rings. The largest absolute Gasteiger partial charge is 0.384 e. The van der Waals surface area contributed by atoms with Crippen molar-refractivity contribution in [2.45, 2.75) is 19.4 Å². The molecule has 0 radical (unpaired) electrons. The van der Waals surface area contributed by atoms with Gasteiger partial charge in [-0.15, -0.1) is 0 Å². The highest BCUT2D eigenvalue weighted by molar-refractivity contribution is 5.64. The number of hydrogen-bond donors (Lipinski definition) is 1. The molecule has 11 heteroatoms. The number of aromatic nitrogens is 4. The average molecular weight is 407 g/mol. The molecule has 0 amide bonds. The van der Waals surface area contributed by atoms with Gasteiger partial charge in [0.05, 0.1) is 32.5 Å². The van der Waals surface area contributed by atoms with Gasteiger partial charge in [-0.25, -0.2) is 13.8 Å². The summed E-state index contributed by atoms with van der Waals surface area (Å²) >= 11 is 0. The van der Waals surface area contributed by atoms with Crippen LogP contribution in [-0.2, 0) is 9.47 Å². The standard InChI is InChI=1S/C18H23F2N7O2/c1-11-10-29-7-4-27(11)18-24-16(13-9-22-14(21)8-12(13)15(19)20)23-17(25-18)26-2-5-28-6-3-26/h8-9,11,15H,2-7,10H2,1H3,(H2,21,22)/t11-/m1/s1. The Kier molecular flexibility index (Phi) is 5.67. The maximum absolute atomic E-state index is 13.7. The van der Waals surface area contributed by atoms with Crippen LogP contribution in [0.1, 0.15) is 18.9 Å². The third-order valence-electron chi connectivity index (χ3n) is 4.96. The number of ether oxygens (including phenoxy) is 2. The van der Waals surface area contributed by atoms with E-state index in [0.717, 1.165) is 6.07 Å². The lowest BCUT2D eigenvalue weighted by Gasteiger charge is -2.34. The van der Waals surface area contributed by atoms with Crippen molar-refractivity contribution in [3.8, 4) is 11.4 Å². The Morgan fingerprint density at radius 1 is 1.07 bits per heavy atom. The molecule has 2 fully saturated rings. The highest BCUT2D eigenvalue weighted by Gasteiger charge is 2.26. The lowest BCUT2D eigenvalue weighted by atomic mass is 10.1. The Balaban J connectivity index is 1.81. The summed E-state index contributed by atoms with van der Waals surface area (Å²) in [6.45, 7) is 6.03. The molecule has 0 unspecified atom stereocenters. The van der Waals surface area contributed by atoms with Crippen molar-refractivity contribution in [2.24, 2.45) is 0 Å². The summed E-state index contributed by atoms with van der Waals surface area (Å²) in [4.78, 5) is 21.6. The number of morpholine rings is 2. The van der Waals surface area contributed by atoms with Gasteiger partial charge in [0.25, 0.3) is 6.43 Å². The van der Waals surface area contributed by atoms with Gasteiger partial charge in [0.1, 0.15) is 5.82 Å². The van der Waals surface area contributed by atoms with E-state index in [0.29, 0.717) is 58.0 Å². The Bertz CT molecular complexity index is 864. The fraction of sp³-hybridized carbons (Fsp3) is 0.556. The van der Waals surface area contributed by atoms with Crippen LogP contribution >= 0.6 is 0 Å². The van der Waals surface area contributed by atoms with E-state index >= 15 is 0 Å². The van der Waals surface area contributed by atoms with E-state index in [-0.39, 0.29) is 28.8 Å². The highest BCUT2D eigenvalue weighted by atomic mass is 19.3. The van der Waals surface area contributed by atoms with Gasteiger partial charge >= 0.3 is 0 Å². The van der Waals surface area contributed by atoms with Gasteiger partial charge in [-0.3, -0.25) is 0 Å². The van der Waals surface area contributed by atoms with Crippen molar-refractivity contribution in [1.82, 2.24) is 19.9 Å². The molecule has 0 spiro atoms. The first-order valence-electron chi connectivity index (χ1n) is 9.50. The van der Waals surface area contributed by atoms with E-state index in [2.05, 4.69) is 19.9 Å². The van der Waals surface area contributed by atoms with Crippen LogP contribution in [0.2, 0.25) is 0 Å². The quantitative estimate of drug-likeness (QED) is 0.808. The fourth-order valence-electron chi connectivity index (χ4n) is 3.39. The van der Waals surface area contributed by atoms with Crippen molar-refractivity contribution in [3.63, 3.8) is 0 Å². The van der Waals surface area contributed by atoms with Gasteiger partial charge < -0.3 is 25.0 Å². The van der Waals surface area contributed by atoms with Crippen molar-refractivity contribution < 1.29 is 18.3 Å². The van der Waals surface area contributed by atoms with Crippen molar-refractivity contribution in [3.05, 3.63) is 17.8 Å². The Labute approximate surface area is 166 Å². The van der Waals surface area contributed by atoms with Crippen LogP contribution in [0.15, 0.2) is 12.3 Å². The summed E-state index contributed by atoms with van der Waals surface area (Å²) in [7, 11) is 0. The Morgan fingerprint density at radius 3 is 2.52 bits per heavy atom. The molecule has 156 valence electrons. The van der Waals surface area contributed by atoms with E-state index in [1.165, 1.54) is 6.20 Å².